The number of aliphatic hydroxyl groups is 1. The Labute approximate surface area is 777 Å². The number of thiophene rings is 4. The average molecular weight is 1920 g/mol. The number of nitrogens with zero attached hydrogens (tertiary/aromatic N) is 11. The van der Waals surface area contributed by atoms with Gasteiger partial charge >= 0.3 is 60.5 Å². The molecule has 49 heteroatoms. The van der Waals surface area contributed by atoms with Gasteiger partial charge in [-0.15, -0.1) is 45.3 Å². The van der Waals surface area contributed by atoms with Crippen LogP contribution in [0.2, 0.25) is 10.0 Å². The number of primary amides is 3. The number of aliphatic hydroxyl groups excluding tert-OH is 1. The number of carboxylic acids is 2. The second kappa shape index (κ2) is 45.0. The number of aliphatic carboxylic acids is 1. The SMILES string of the molecule is CCO.COC(=O)c1cc2c(s1)c(C(N)=O)nn2CC(=O)N1C[C@H](F)C[C@H]1C(=O)Nc1cccc(-c2ccccc2Cl)c1F.COC(=O)c1cc2c(s1)c(C(N)=O)nn2CC(=O)O.NC(=O)c1nn(CC(=O)N2C[C@H](F)C[C@H]2C(=O)Nc2cccc(-c3ccccc3Cl)c2F)c2cc(C(=O)O)sc12.NC1CC1.[C-]#[N+]c1nn(CC(=O)OC(C)(C)C)c2cc(C(=O)OC)sc12.[Li+].[OH-]. The number of nitrogens with one attached hydrogen (secondary N) is 2. The number of hydrogen-bond donors (Lipinski definition) is 9. The van der Waals surface area contributed by atoms with Crippen molar-refractivity contribution in [1.29, 1.82) is 0 Å². The topological polar surface area (TPSA) is 560 Å². The molecule has 0 radical (unpaired) electrons. The molecular weight excluding hydrogens is 1840 g/mol. The van der Waals surface area contributed by atoms with Crippen LogP contribution in [0.1, 0.15) is 124 Å². The van der Waals surface area contributed by atoms with Gasteiger partial charge in [0.25, 0.3) is 17.7 Å². The fourth-order valence-electron chi connectivity index (χ4n) is 12.8. The molecule has 2 aliphatic heterocycles. The Morgan fingerprint density at radius 2 is 0.863 bits per heavy atom. The number of amides is 7. The van der Waals surface area contributed by atoms with Crippen molar-refractivity contribution in [2.75, 3.05) is 51.7 Å². The van der Waals surface area contributed by atoms with Crippen LogP contribution in [0.15, 0.2) is 109 Å². The van der Waals surface area contributed by atoms with E-state index in [9.17, 15) is 76.2 Å². The summed E-state index contributed by atoms with van der Waals surface area (Å²) in [5.41, 5.74) is 22.3. The molecule has 1 saturated carbocycles. The molecule has 4 aromatic carbocycles. The number of carbonyl (C=O) groups is 13. The molecule has 3 fully saturated rings. The number of esters is 4. The number of carbonyl (C=O) groups excluding carboxylic acids is 11. The normalized spacial score (nSPS) is 14.7. The summed E-state index contributed by atoms with van der Waals surface area (Å²) in [5.74, 6) is -11.4. The number of hydrogen-bond acceptors (Lipinski definition) is 28. The number of aromatic nitrogens is 8. The third-order valence-electron chi connectivity index (χ3n) is 18.6. The Kier molecular flexibility index (Phi) is 35.5. The molecule has 3 aliphatic rings. The van der Waals surface area contributed by atoms with Gasteiger partial charge in [0.2, 0.25) is 23.6 Å². The molecule has 10 heterocycles. The van der Waals surface area contributed by atoms with Crippen molar-refractivity contribution in [2.45, 2.75) is 116 Å². The van der Waals surface area contributed by atoms with Gasteiger partial charge in [-0.3, -0.25) is 52.4 Å². The van der Waals surface area contributed by atoms with Crippen LogP contribution in [-0.4, -0.2) is 224 Å². The first-order valence-corrected chi connectivity index (χ1v) is 42.3. The van der Waals surface area contributed by atoms with Crippen LogP contribution in [0.5, 0.6) is 0 Å². The monoisotopic (exact) mass is 1920 g/mol. The van der Waals surface area contributed by atoms with Crippen LogP contribution in [0.25, 0.3) is 68.0 Å². The molecule has 0 bridgehead atoms. The van der Waals surface area contributed by atoms with Gasteiger partial charge in [-0.2, -0.15) is 20.0 Å². The minimum Gasteiger partial charge on any atom is -0.870 e. The summed E-state index contributed by atoms with van der Waals surface area (Å²) in [4.78, 5) is 163. The van der Waals surface area contributed by atoms with Gasteiger partial charge in [0.05, 0.1) is 86.7 Å². The number of likely N-dealkylation sites (tertiary alicyclic amines) is 2. The van der Waals surface area contributed by atoms with Gasteiger partial charge in [0.15, 0.2) is 35.3 Å². The third-order valence-corrected chi connectivity index (χ3v) is 23.7. The summed E-state index contributed by atoms with van der Waals surface area (Å²) in [5, 5.41) is 47.3. The number of benzene rings is 4. The molecule has 38 nitrogen and oxygen atoms in total. The second-order valence-corrected chi connectivity index (χ2v) is 34.0. The van der Waals surface area contributed by atoms with Crippen LogP contribution in [0.4, 0.5) is 34.8 Å². The summed E-state index contributed by atoms with van der Waals surface area (Å²) in [7, 11) is 3.71. The number of anilines is 2. The van der Waals surface area contributed by atoms with Crippen molar-refractivity contribution in [1.82, 2.24) is 48.9 Å². The molecule has 14 N–H and O–H groups in total. The standard InChI is InChI=1S/C27H22ClF2N5O5S.C26H20ClF2N5O5S.C14H15N3O4S.C10H9N3O5S.C3H7N.C2H6O.Li.H2O/c1-40-27(39)20-10-18-24(41-20)23(25(31)37)33-35(18)12-21(36)34-11-13(29)9-19(34)26(38)32-17-8-4-6-15(22(17)30)14-5-2-3-7-16(14)28;27-15-6-2-1-4-13(15)14-5-3-7-16(21(14)29)31-25(37)18-8-12(28)10-33(18)20(35)11-34-17-9-19(26(38)39)40-23(17)22(32-34)24(30)36;1-14(2,3)21-10(18)7-17-8-6-9(13(19)20-5)22-11(8)12(15-4)16-17;1-18-10(17)5-2-4-8(19-5)7(9(11)16)12-13(4)3-6(14)15;4-3-1-2-3;1-2-3;;/h2-8,10,13,19H,9,11-12H2,1H3,(H2,31,37)(H,32,38);1-7,9,12,18H,8,10-11H2,(H2,30,36)(H,31,37)(H,38,39);6H,7H2,1-3,5H3;2H,3H2,1H3,(H2,11,16)(H,14,15);3H,1-2,4H2;3H,2H2,1H3;;1H2/q;;;;;;+1;/p-1/t13-,19+;12-,18+;;;;;;/m11....../s1. The predicted molar refractivity (Wildman–Crippen MR) is 470 cm³/mol. The summed E-state index contributed by atoms with van der Waals surface area (Å²) in [6, 6.07) is 25.7. The molecule has 686 valence electrons. The van der Waals surface area contributed by atoms with E-state index in [1.165, 1.54) is 93.5 Å². The average Bonchev–Trinajstić information content (AvgIpc) is 1.62. The van der Waals surface area contributed by atoms with Gasteiger partial charge in [0, 0.05) is 57.8 Å². The van der Waals surface area contributed by atoms with Crippen molar-refractivity contribution in [2.24, 2.45) is 22.9 Å². The van der Waals surface area contributed by atoms with Crippen LogP contribution in [0.3, 0.4) is 0 Å². The van der Waals surface area contributed by atoms with Gasteiger partial charge in [0.1, 0.15) is 69.2 Å². The zero-order valence-corrected chi connectivity index (χ0v) is 75.2. The largest absolute Gasteiger partial charge is 1.00 e. The number of aromatic carboxylic acids is 1. The number of ether oxygens (including phenoxy) is 4. The smallest absolute Gasteiger partial charge is 0.870 e. The van der Waals surface area contributed by atoms with E-state index in [2.05, 4.69) is 45.3 Å². The third kappa shape index (κ3) is 24.9. The molecular formula is C82H80Cl2F4LiN17O21S4. The van der Waals surface area contributed by atoms with Crippen LogP contribution in [0, 0.1) is 18.2 Å². The Hall–Kier alpha value is -13.1. The molecule has 12 aromatic rings. The molecule has 0 unspecified atom stereocenters. The maximum absolute atomic E-state index is 15.4. The number of methoxy groups -OCH3 is 3. The summed E-state index contributed by atoms with van der Waals surface area (Å²) >= 11 is 16.2. The number of fused-ring (bicyclic) bond motifs is 4. The van der Waals surface area contributed by atoms with E-state index in [1.54, 1.807) is 82.3 Å². The molecule has 131 heavy (non-hydrogen) atoms. The van der Waals surface area contributed by atoms with Crippen molar-refractivity contribution < 1.29 is 138 Å². The molecule has 7 amide bonds. The van der Waals surface area contributed by atoms with E-state index in [0.717, 1.165) is 69.2 Å². The van der Waals surface area contributed by atoms with E-state index in [0.29, 0.717) is 52.5 Å². The molecule has 0 spiro atoms. The zero-order chi connectivity index (χ0) is 94.5. The van der Waals surface area contributed by atoms with E-state index in [1.807, 2.05) is 0 Å². The Morgan fingerprint density at radius 1 is 0.534 bits per heavy atom. The number of nitrogens with two attached hydrogens (primary N) is 4. The fourth-order valence-corrected chi connectivity index (χ4v) is 17.4. The summed E-state index contributed by atoms with van der Waals surface area (Å²) in [6.45, 7) is 12.1. The van der Waals surface area contributed by atoms with E-state index < -0.39 is 145 Å². The minimum atomic E-state index is -1.52. The van der Waals surface area contributed by atoms with Crippen molar-refractivity contribution >= 4 is 204 Å². The molecule has 1 aliphatic carbocycles. The molecule has 4 atom stereocenters. The maximum Gasteiger partial charge on any atom is 1.00 e. The Bertz CT molecular complexity index is 6430. The fraction of sp³-hybridized carbons (Fsp3) is 0.293. The number of halogens is 6. The van der Waals surface area contributed by atoms with Gasteiger partial charge in [-0.25, -0.2) is 41.5 Å². The Balaban J connectivity index is 0.000000218. The van der Waals surface area contributed by atoms with Gasteiger partial charge < -0.3 is 88.0 Å². The van der Waals surface area contributed by atoms with E-state index in [-0.39, 0.29) is 137 Å². The van der Waals surface area contributed by atoms with Crippen LogP contribution < -0.4 is 52.4 Å². The number of alkyl halides is 2. The van der Waals surface area contributed by atoms with E-state index >= 15 is 8.78 Å². The zero-order valence-electron chi connectivity index (χ0n) is 70.4. The Morgan fingerprint density at radius 3 is 1.19 bits per heavy atom. The van der Waals surface area contributed by atoms with Crippen LogP contribution >= 0.6 is 68.5 Å². The summed E-state index contributed by atoms with van der Waals surface area (Å²) < 4.78 is 85.1. The number of rotatable bonds is 21. The molecule has 8 aromatic heterocycles. The first-order chi connectivity index (χ1) is 61.1. The molecule has 15 rings (SSSR count). The summed E-state index contributed by atoms with van der Waals surface area (Å²) in [6.07, 6.45) is -1.10. The minimum absolute atomic E-state index is 0. The van der Waals surface area contributed by atoms with Gasteiger partial charge in [-0.1, -0.05) is 90.4 Å². The van der Waals surface area contributed by atoms with E-state index in [4.69, 9.17) is 72.4 Å². The van der Waals surface area contributed by atoms with Crippen molar-refractivity contribution in [3.05, 3.63) is 179 Å². The predicted octanol–water partition coefficient (Wildman–Crippen LogP) is 7.73. The first kappa shape index (κ1) is 103. The second-order valence-electron chi connectivity index (χ2n) is 29.0. The van der Waals surface area contributed by atoms with Gasteiger partial charge in [-0.05, 0) is 94.2 Å². The quantitative estimate of drug-likeness (QED) is 0.0109. The number of carboxylic acid groups (broad SMARTS) is 2. The van der Waals surface area contributed by atoms with Crippen molar-refractivity contribution in [3.63, 3.8) is 0 Å². The van der Waals surface area contributed by atoms with Crippen molar-refractivity contribution in [3.8, 4) is 22.3 Å². The molecule has 2 saturated heterocycles. The van der Waals surface area contributed by atoms with Crippen LogP contribution in [-0.2, 0) is 73.9 Å². The first-order valence-electron chi connectivity index (χ1n) is 38.3. The maximum atomic E-state index is 15.4.